The Bertz CT molecular complexity index is 765. The van der Waals surface area contributed by atoms with Crippen LogP contribution >= 0.6 is 46.4 Å². The highest BCUT2D eigenvalue weighted by Crippen LogP contribution is 2.37. The van der Waals surface area contributed by atoms with Crippen molar-refractivity contribution in [3.05, 3.63) is 68.1 Å². The van der Waals surface area contributed by atoms with Crippen LogP contribution in [0, 0.1) is 0 Å². The van der Waals surface area contributed by atoms with Crippen LogP contribution in [0.1, 0.15) is 11.1 Å². The zero-order valence-electron chi connectivity index (χ0n) is 13.5. The molecule has 2 rings (SSSR count). The van der Waals surface area contributed by atoms with Crippen LogP contribution in [0.25, 0.3) is 0 Å². The lowest BCUT2D eigenvalue weighted by Gasteiger charge is -2.12. The average molecular weight is 435 g/mol. The van der Waals surface area contributed by atoms with Gasteiger partial charge in [0.1, 0.15) is 16.8 Å². The van der Waals surface area contributed by atoms with Crippen LogP contribution in [-0.2, 0) is 6.42 Å². The number of hydrogen-bond acceptors (Lipinski definition) is 4. The highest BCUT2D eigenvalue weighted by molar-refractivity contribution is 6.55. The minimum Gasteiger partial charge on any atom is -0.490 e. The molecule has 2 aromatic rings. The van der Waals surface area contributed by atoms with Crippen LogP contribution in [0.3, 0.4) is 0 Å². The van der Waals surface area contributed by atoms with Gasteiger partial charge in [-0.3, -0.25) is 0 Å². The third-order valence-corrected chi connectivity index (χ3v) is 4.15. The minimum atomic E-state index is 0.124. The first-order chi connectivity index (χ1) is 12.5. The summed E-state index contributed by atoms with van der Waals surface area (Å²) in [5.74, 6) is 0.884. The van der Waals surface area contributed by atoms with E-state index in [9.17, 15) is 0 Å². The summed E-state index contributed by atoms with van der Waals surface area (Å²) < 4.78 is 11.3. The molecule has 0 aliphatic carbocycles. The standard InChI is InChI=1S/C18H15Cl4NO3/c19-15-9-14(25-8-6-17(21)22)10-16(20)18(15)26-7-5-12-1-3-13(4-2-12)11-23-24/h1-4,6,9-11,24H,5,7-8H2/b23-11+. The molecule has 0 aliphatic rings. The molecule has 0 fully saturated rings. The summed E-state index contributed by atoms with van der Waals surface area (Å²) in [6.07, 6.45) is 3.54. The molecule has 138 valence electrons. The van der Waals surface area contributed by atoms with E-state index < -0.39 is 0 Å². The summed E-state index contributed by atoms with van der Waals surface area (Å²) >= 11 is 23.5. The molecule has 26 heavy (non-hydrogen) atoms. The van der Waals surface area contributed by atoms with Crippen molar-refractivity contribution < 1.29 is 14.7 Å². The first-order valence-electron chi connectivity index (χ1n) is 7.51. The summed E-state index contributed by atoms with van der Waals surface area (Å²) in [4.78, 5) is 0. The maximum Gasteiger partial charge on any atom is 0.156 e. The second-order valence-corrected chi connectivity index (χ2v) is 6.93. The maximum atomic E-state index is 8.50. The Labute approximate surface area is 171 Å². The predicted octanol–water partition coefficient (Wildman–Crippen LogP) is 6.12. The fraction of sp³-hybridized carbons (Fsp3) is 0.167. The Morgan fingerprint density at radius 3 is 2.27 bits per heavy atom. The SMILES string of the molecule is O/N=C/c1ccc(CCOc2c(Cl)cc(OCC=C(Cl)Cl)cc2Cl)cc1. The molecule has 0 atom stereocenters. The molecule has 0 aliphatic heterocycles. The summed E-state index contributed by atoms with van der Waals surface area (Å²) in [5.41, 5.74) is 1.88. The number of oxime groups is 1. The van der Waals surface area contributed by atoms with E-state index in [-0.39, 0.29) is 11.1 Å². The topological polar surface area (TPSA) is 51.1 Å². The second-order valence-electron chi connectivity index (χ2n) is 5.11. The molecule has 8 heteroatoms. The van der Waals surface area contributed by atoms with Crippen LogP contribution in [0.15, 0.2) is 52.1 Å². The monoisotopic (exact) mass is 433 g/mol. The molecule has 1 N–H and O–H groups in total. The Morgan fingerprint density at radius 1 is 1.04 bits per heavy atom. The number of hydrogen-bond donors (Lipinski definition) is 1. The van der Waals surface area contributed by atoms with Gasteiger partial charge in [-0.25, -0.2) is 0 Å². The number of ether oxygens (including phenoxy) is 2. The third kappa shape index (κ3) is 6.61. The van der Waals surface area contributed by atoms with Crippen molar-refractivity contribution in [1.82, 2.24) is 0 Å². The lowest BCUT2D eigenvalue weighted by atomic mass is 10.1. The van der Waals surface area contributed by atoms with E-state index >= 15 is 0 Å². The third-order valence-electron chi connectivity index (χ3n) is 3.28. The maximum absolute atomic E-state index is 8.50. The largest absolute Gasteiger partial charge is 0.490 e. The van der Waals surface area contributed by atoms with E-state index in [4.69, 9.17) is 61.1 Å². The molecule has 0 bridgehead atoms. The van der Waals surface area contributed by atoms with E-state index in [2.05, 4.69) is 5.16 Å². The molecular weight excluding hydrogens is 420 g/mol. The Morgan fingerprint density at radius 2 is 1.69 bits per heavy atom. The lowest BCUT2D eigenvalue weighted by Crippen LogP contribution is -2.03. The lowest BCUT2D eigenvalue weighted by molar-refractivity contribution is 0.320. The molecule has 0 saturated heterocycles. The molecule has 2 aromatic carbocycles. The zero-order valence-corrected chi connectivity index (χ0v) is 16.5. The molecule has 0 spiro atoms. The number of rotatable bonds is 8. The van der Waals surface area contributed by atoms with Gasteiger partial charge in [0.2, 0.25) is 0 Å². The van der Waals surface area contributed by atoms with Gasteiger partial charge in [0.15, 0.2) is 5.75 Å². The Balaban J connectivity index is 1.93. The van der Waals surface area contributed by atoms with E-state index in [0.717, 1.165) is 11.1 Å². The quantitative estimate of drug-likeness (QED) is 0.309. The number of nitrogens with zero attached hydrogens (tertiary/aromatic N) is 1. The van der Waals surface area contributed by atoms with Crippen LogP contribution in [0.4, 0.5) is 0 Å². The minimum absolute atomic E-state index is 0.124. The molecule has 0 saturated carbocycles. The van der Waals surface area contributed by atoms with E-state index in [0.29, 0.717) is 34.6 Å². The number of benzene rings is 2. The first kappa shape index (κ1) is 20.7. The van der Waals surface area contributed by atoms with Gasteiger partial charge in [-0.2, -0.15) is 0 Å². The Hall–Kier alpha value is -1.59. The van der Waals surface area contributed by atoms with Gasteiger partial charge in [-0.1, -0.05) is 75.8 Å². The molecule has 0 heterocycles. The van der Waals surface area contributed by atoms with Crippen LogP contribution in [0.2, 0.25) is 10.0 Å². The van der Waals surface area contributed by atoms with Crippen LogP contribution in [0.5, 0.6) is 11.5 Å². The van der Waals surface area contributed by atoms with Crippen molar-refractivity contribution >= 4 is 52.6 Å². The highest BCUT2D eigenvalue weighted by Gasteiger charge is 2.10. The number of halogens is 4. The van der Waals surface area contributed by atoms with Crippen molar-refractivity contribution in [2.75, 3.05) is 13.2 Å². The molecule has 0 unspecified atom stereocenters. The van der Waals surface area contributed by atoms with Gasteiger partial charge in [0.25, 0.3) is 0 Å². The van der Waals surface area contributed by atoms with Crippen molar-refractivity contribution in [1.29, 1.82) is 0 Å². The van der Waals surface area contributed by atoms with Gasteiger partial charge in [0.05, 0.1) is 22.9 Å². The van der Waals surface area contributed by atoms with Crippen molar-refractivity contribution in [2.24, 2.45) is 5.16 Å². The average Bonchev–Trinajstić information content (AvgIpc) is 2.59. The van der Waals surface area contributed by atoms with Crippen LogP contribution in [-0.4, -0.2) is 24.6 Å². The summed E-state index contributed by atoms with van der Waals surface area (Å²) in [7, 11) is 0. The molecular formula is C18H15Cl4NO3. The van der Waals surface area contributed by atoms with Gasteiger partial charge >= 0.3 is 0 Å². The second kappa shape index (κ2) is 10.5. The first-order valence-corrected chi connectivity index (χ1v) is 9.03. The van der Waals surface area contributed by atoms with Gasteiger partial charge in [-0.15, -0.1) is 0 Å². The van der Waals surface area contributed by atoms with Crippen molar-refractivity contribution in [3.63, 3.8) is 0 Å². The molecule has 0 radical (unpaired) electrons. The Kier molecular flexibility index (Phi) is 8.39. The highest BCUT2D eigenvalue weighted by atomic mass is 35.5. The molecule has 0 amide bonds. The van der Waals surface area contributed by atoms with Gasteiger partial charge in [-0.05, 0) is 17.2 Å². The van der Waals surface area contributed by atoms with Gasteiger partial charge < -0.3 is 14.7 Å². The molecule has 0 aromatic heterocycles. The summed E-state index contributed by atoms with van der Waals surface area (Å²) in [6, 6.07) is 10.8. The summed E-state index contributed by atoms with van der Waals surface area (Å²) in [6.45, 7) is 0.601. The predicted molar refractivity (Wildman–Crippen MR) is 107 cm³/mol. The fourth-order valence-corrected chi connectivity index (χ4v) is 2.77. The smallest absolute Gasteiger partial charge is 0.156 e. The summed E-state index contributed by atoms with van der Waals surface area (Å²) in [5, 5.41) is 12.2. The van der Waals surface area contributed by atoms with E-state index in [1.165, 1.54) is 12.3 Å². The zero-order chi connectivity index (χ0) is 18.9. The van der Waals surface area contributed by atoms with Crippen LogP contribution < -0.4 is 9.47 Å². The van der Waals surface area contributed by atoms with Crippen molar-refractivity contribution in [2.45, 2.75) is 6.42 Å². The van der Waals surface area contributed by atoms with Crippen molar-refractivity contribution in [3.8, 4) is 11.5 Å². The molecule has 4 nitrogen and oxygen atoms in total. The normalized spacial score (nSPS) is 10.8. The van der Waals surface area contributed by atoms with E-state index in [1.807, 2.05) is 24.3 Å². The fourth-order valence-electron chi connectivity index (χ4n) is 2.07. The van der Waals surface area contributed by atoms with E-state index in [1.54, 1.807) is 12.1 Å². The van der Waals surface area contributed by atoms with Gasteiger partial charge in [0, 0.05) is 18.6 Å².